The summed E-state index contributed by atoms with van der Waals surface area (Å²) in [5.41, 5.74) is 2.54. The van der Waals surface area contributed by atoms with Gasteiger partial charge in [0, 0.05) is 51.4 Å². The molecule has 0 aliphatic carbocycles. The molecule has 1 aromatic heterocycles. The molecule has 0 unspecified atom stereocenters. The van der Waals surface area contributed by atoms with Crippen LogP contribution in [0.2, 0.25) is 0 Å². The number of nitrogens with zero attached hydrogens (tertiary/aromatic N) is 2. The number of fused-ring (bicyclic) bond motifs is 1. The van der Waals surface area contributed by atoms with Crippen LogP contribution >= 0.6 is 0 Å². The molecule has 37 heavy (non-hydrogen) atoms. The number of sulfonamides is 1. The second kappa shape index (κ2) is 12.0. The normalized spacial score (nSPS) is 13.4. The lowest BCUT2D eigenvalue weighted by molar-refractivity contribution is 0.0566. The smallest absolute Gasteiger partial charge is 0.264 e. The Bertz CT molecular complexity index is 1440. The van der Waals surface area contributed by atoms with Crippen molar-refractivity contribution in [2.45, 2.75) is 37.8 Å². The lowest BCUT2D eigenvalue weighted by Gasteiger charge is -2.40. The lowest BCUT2D eigenvalue weighted by Crippen LogP contribution is -2.59. The number of nitrogens with one attached hydrogen (secondary N) is 2. The number of para-hydroxylation sites is 1. The summed E-state index contributed by atoms with van der Waals surface area (Å²) in [5.74, 6) is -0.0644. The molecular formula is C29H36N4O3S. The molecule has 5 rings (SSSR count). The Labute approximate surface area is 221 Å². The van der Waals surface area contributed by atoms with Crippen molar-refractivity contribution in [3.05, 3.63) is 102 Å². The van der Waals surface area contributed by atoms with E-state index in [0.717, 1.165) is 11.9 Å². The highest BCUT2D eigenvalue weighted by Gasteiger charge is 2.30. The Kier molecular flexibility index (Phi) is 8.53. The van der Waals surface area contributed by atoms with Gasteiger partial charge in [0.1, 0.15) is 4.90 Å². The summed E-state index contributed by atoms with van der Waals surface area (Å²) in [6.07, 6.45) is 2.82. The van der Waals surface area contributed by atoms with E-state index in [-0.39, 0.29) is 19.7 Å². The molecule has 2 N–H and O–H groups in total. The number of likely N-dealkylation sites (tertiary alicyclic amines) is 1. The fourth-order valence-corrected chi connectivity index (χ4v) is 5.24. The van der Waals surface area contributed by atoms with E-state index in [4.69, 9.17) is 0 Å². The van der Waals surface area contributed by atoms with Crippen LogP contribution in [0.5, 0.6) is 0 Å². The van der Waals surface area contributed by atoms with Crippen molar-refractivity contribution in [1.82, 2.24) is 15.2 Å². The highest BCUT2D eigenvalue weighted by Crippen LogP contribution is 2.24. The van der Waals surface area contributed by atoms with Crippen LogP contribution in [0.3, 0.4) is 0 Å². The number of benzene rings is 3. The number of anilines is 1. The van der Waals surface area contributed by atoms with Gasteiger partial charge >= 0.3 is 0 Å². The molecule has 1 fully saturated rings. The average Bonchev–Trinajstić information content (AvgIpc) is 2.88. The molecule has 0 bridgehead atoms. The minimum atomic E-state index is -3.84. The molecule has 8 heteroatoms. The average molecular weight is 521 g/mol. The molecule has 3 aromatic carbocycles. The van der Waals surface area contributed by atoms with Crippen molar-refractivity contribution in [3.63, 3.8) is 0 Å². The predicted molar refractivity (Wildman–Crippen MR) is 152 cm³/mol. The second-order valence-electron chi connectivity index (χ2n) is 8.99. The third-order valence-corrected chi connectivity index (χ3v) is 7.29. The quantitative estimate of drug-likeness (QED) is 0.333. The van der Waals surface area contributed by atoms with Crippen LogP contribution < -0.4 is 10.0 Å². The van der Waals surface area contributed by atoms with Gasteiger partial charge in [-0.05, 0) is 42.0 Å². The molecule has 0 atom stereocenters. The minimum absolute atomic E-state index is 0. The zero-order valence-corrected chi connectivity index (χ0v) is 21.9. The van der Waals surface area contributed by atoms with Crippen molar-refractivity contribution in [1.29, 1.82) is 0 Å². The van der Waals surface area contributed by atoms with Gasteiger partial charge in [-0.25, -0.2) is 8.42 Å². The molecule has 1 amide bonds. The van der Waals surface area contributed by atoms with Crippen LogP contribution in [0, 0.1) is 0 Å². The molecule has 2 heterocycles. The number of pyridine rings is 1. The first-order valence-electron chi connectivity index (χ1n) is 12.4. The molecule has 0 spiro atoms. The van der Waals surface area contributed by atoms with E-state index < -0.39 is 10.0 Å². The van der Waals surface area contributed by atoms with E-state index in [1.165, 1.54) is 18.1 Å². The van der Waals surface area contributed by atoms with Crippen LogP contribution in [0.1, 0.15) is 39.0 Å². The Morgan fingerprint density at radius 3 is 2.32 bits per heavy atom. The molecule has 4 aromatic rings. The maximum absolute atomic E-state index is 13.0. The molecule has 1 aliphatic heterocycles. The maximum Gasteiger partial charge on any atom is 0.264 e. The summed E-state index contributed by atoms with van der Waals surface area (Å²) in [6.45, 7) is 6.32. The zero-order valence-electron chi connectivity index (χ0n) is 21.1. The Hall–Kier alpha value is -3.75. The van der Waals surface area contributed by atoms with Crippen molar-refractivity contribution in [2.75, 3.05) is 17.8 Å². The van der Waals surface area contributed by atoms with Crippen molar-refractivity contribution < 1.29 is 16.1 Å². The fraction of sp³-hybridized carbons (Fsp3) is 0.241. The van der Waals surface area contributed by atoms with Crippen LogP contribution in [-0.4, -0.2) is 43.3 Å². The first kappa shape index (κ1) is 26.3. The first-order chi connectivity index (χ1) is 17.9. The number of hydrogen-bond donors (Lipinski definition) is 2. The van der Waals surface area contributed by atoms with E-state index in [1.54, 1.807) is 47.5 Å². The molecule has 0 saturated carbocycles. The first-order valence-corrected chi connectivity index (χ1v) is 13.9. The van der Waals surface area contributed by atoms with E-state index in [9.17, 15) is 13.2 Å². The van der Waals surface area contributed by atoms with Crippen LogP contribution in [0.25, 0.3) is 10.9 Å². The van der Waals surface area contributed by atoms with Gasteiger partial charge in [-0.15, -0.1) is 0 Å². The summed E-state index contributed by atoms with van der Waals surface area (Å²) in [6, 6.07) is 25.5. The van der Waals surface area contributed by atoms with Crippen LogP contribution in [0.15, 0.2) is 96.0 Å². The summed E-state index contributed by atoms with van der Waals surface area (Å²) >= 11 is 0. The molecule has 1 aliphatic rings. The van der Waals surface area contributed by atoms with Gasteiger partial charge in [-0.3, -0.25) is 14.5 Å². The highest BCUT2D eigenvalue weighted by atomic mass is 32.2. The number of rotatable bonds is 7. The topological polar surface area (TPSA) is 91.4 Å². The van der Waals surface area contributed by atoms with E-state index in [2.05, 4.69) is 41.0 Å². The number of hydrogen-bond acceptors (Lipinski definition) is 5. The van der Waals surface area contributed by atoms with Crippen LogP contribution in [-0.2, 0) is 16.6 Å². The SMILES string of the molecule is CCC.O=C(c1ccc(NS(=O)(=O)c2cccc3cccnc23)cc1)N1CC(NCc2ccccc2)C1.[HH].[HH]. The van der Waals surface area contributed by atoms with Gasteiger partial charge in [0.25, 0.3) is 15.9 Å². The summed E-state index contributed by atoms with van der Waals surface area (Å²) in [4.78, 5) is 18.9. The third kappa shape index (κ3) is 6.53. The van der Waals surface area contributed by atoms with Gasteiger partial charge in [0.2, 0.25) is 0 Å². The Morgan fingerprint density at radius 2 is 1.62 bits per heavy atom. The van der Waals surface area contributed by atoms with Crippen molar-refractivity contribution in [3.8, 4) is 0 Å². The Morgan fingerprint density at radius 1 is 0.946 bits per heavy atom. The van der Waals surface area contributed by atoms with Crippen molar-refractivity contribution in [2.24, 2.45) is 0 Å². The molecule has 0 radical (unpaired) electrons. The van der Waals surface area contributed by atoms with Gasteiger partial charge in [-0.2, -0.15) is 0 Å². The predicted octanol–water partition coefficient (Wildman–Crippen LogP) is 5.56. The van der Waals surface area contributed by atoms with Gasteiger partial charge < -0.3 is 10.2 Å². The highest BCUT2D eigenvalue weighted by molar-refractivity contribution is 7.93. The standard InChI is InChI=1S/C26H24N4O3S.C3H8.2H2/c31-26(30-17-23(18-30)28-16-19-6-2-1-3-7-19)21-11-13-22(14-12-21)29-34(32,33)24-10-4-8-20-9-5-15-27-25(20)24;1-3-2;;/h1-15,23,28-29H,16-18H2;3H2,1-2H3;2*1H. The molecule has 196 valence electrons. The third-order valence-electron chi connectivity index (χ3n) is 5.88. The molecular weight excluding hydrogens is 484 g/mol. The summed E-state index contributed by atoms with van der Waals surface area (Å²) < 4.78 is 28.5. The van der Waals surface area contributed by atoms with Gasteiger partial charge in [0.05, 0.1) is 5.52 Å². The number of aromatic nitrogens is 1. The minimum Gasteiger partial charge on any atom is -0.335 e. The van der Waals surface area contributed by atoms with E-state index in [0.29, 0.717) is 29.9 Å². The summed E-state index contributed by atoms with van der Waals surface area (Å²) in [7, 11) is -3.84. The largest absolute Gasteiger partial charge is 0.335 e. The Balaban J connectivity index is 0.00000102. The number of amides is 1. The zero-order chi connectivity index (χ0) is 26.3. The molecule has 1 saturated heterocycles. The second-order valence-corrected chi connectivity index (χ2v) is 10.6. The monoisotopic (exact) mass is 520 g/mol. The number of carbonyl (C=O) groups excluding carboxylic acids is 1. The fourth-order valence-electron chi connectivity index (χ4n) is 4.00. The van der Waals surface area contributed by atoms with Crippen LogP contribution in [0.4, 0.5) is 5.69 Å². The van der Waals surface area contributed by atoms with Gasteiger partial charge in [-0.1, -0.05) is 68.8 Å². The lowest BCUT2D eigenvalue weighted by atomic mass is 10.1. The van der Waals surface area contributed by atoms with E-state index >= 15 is 0 Å². The maximum atomic E-state index is 13.0. The van der Waals surface area contributed by atoms with E-state index in [1.807, 2.05) is 30.3 Å². The van der Waals surface area contributed by atoms with Gasteiger partial charge in [0.15, 0.2) is 0 Å². The summed E-state index contributed by atoms with van der Waals surface area (Å²) in [5, 5.41) is 4.21. The molecule has 7 nitrogen and oxygen atoms in total. The number of carbonyl (C=O) groups is 1. The van der Waals surface area contributed by atoms with Crippen molar-refractivity contribution >= 4 is 32.5 Å².